The highest BCUT2D eigenvalue weighted by molar-refractivity contribution is 7.99. The van der Waals surface area contributed by atoms with Gasteiger partial charge in [0.15, 0.2) is 0 Å². The average molecular weight is 228 g/mol. The van der Waals surface area contributed by atoms with Gasteiger partial charge >= 0.3 is 0 Å². The minimum absolute atomic E-state index is 0.361. The van der Waals surface area contributed by atoms with E-state index in [4.69, 9.17) is 15.9 Å². The van der Waals surface area contributed by atoms with Gasteiger partial charge in [0.2, 0.25) is 0 Å². The van der Waals surface area contributed by atoms with Crippen LogP contribution in [-0.2, 0) is 4.74 Å². The lowest BCUT2D eigenvalue weighted by atomic mass is 10.1. The van der Waals surface area contributed by atoms with Crippen LogP contribution in [0.3, 0.4) is 0 Å². The van der Waals surface area contributed by atoms with Crippen LogP contribution in [0.15, 0.2) is 0 Å². The summed E-state index contributed by atoms with van der Waals surface area (Å²) >= 11 is 2.08. The molecule has 15 heavy (non-hydrogen) atoms. The van der Waals surface area contributed by atoms with Gasteiger partial charge in [-0.25, -0.2) is 0 Å². The maximum Gasteiger partial charge on any atom is 0.0911 e. The minimum Gasteiger partial charge on any atom is -0.388 e. The third-order valence-electron chi connectivity index (χ3n) is 3.32. The van der Waals surface area contributed by atoms with E-state index in [1.54, 1.807) is 0 Å². The summed E-state index contributed by atoms with van der Waals surface area (Å²) in [6.07, 6.45) is 5.73. The first kappa shape index (κ1) is 11.3. The first-order chi connectivity index (χ1) is 7.20. The molecule has 3 nitrogen and oxygen atoms in total. The molecule has 1 aliphatic heterocycles. The van der Waals surface area contributed by atoms with Crippen LogP contribution in [0.25, 0.3) is 0 Å². The van der Waals surface area contributed by atoms with Crippen molar-refractivity contribution in [1.29, 1.82) is 5.41 Å². The van der Waals surface area contributed by atoms with E-state index in [0.29, 0.717) is 11.3 Å². The normalized spacial score (nSPS) is 25.1. The Balaban J connectivity index is 1.70. The van der Waals surface area contributed by atoms with E-state index in [1.165, 1.54) is 31.4 Å². The smallest absolute Gasteiger partial charge is 0.0911 e. The molecule has 0 spiro atoms. The third kappa shape index (κ3) is 3.38. The molecule has 0 bridgehead atoms. The van der Waals surface area contributed by atoms with Gasteiger partial charge in [0.25, 0.3) is 0 Å². The lowest BCUT2D eigenvalue weighted by molar-refractivity contribution is 0.1000. The second-order valence-electron chi connectivity index (χ2n) is 4.82. The quantitative estimate of drug-likeness (QED) is 0.559. The molecule has 1 saturated carbocycles. The third-order valence-corrected chi connectivity index (χ3v) is 5.04. The lowest BCUT2D eigenvalue weighted by Gasteiger charge is -2.23. The molecule has 3 N–H and O–H groups in total. The largest absolute Gasteiger partial charge is 0.388 e. The highest BCUT2D eigenvalue weighted by Crippen LogP contribution is 2.51. The van der Waals surface area contributed by atoms with Crippen molar-refractivity contribution >= 4 is 17.6 Å². The number of hydrogen-bond donors (Lipinski definition) is 2. The van der Waals surface area contributed by atoms with Gasteiger partial charge < -0.3 is 10.5 Å². The number of nitrogens with two attached hydrogens (primary N) is 1. The van der Waals surface area contributed by atoms with Crippen LogP contribution in [0.5, 0.6) is 0 Å². The molecular weight excluding hydrogens is 208 g/mol. The van der Waals surface area contributed by atoms with E-state index in [0.717, 1.165) is 24.9 Å². The van der Waals surface area contributed by atoms with Crippen molar-refractivity contribution < 1.29 is 4.74 Å². The Bertz CT molecular complexity index is 235. The van der Waals surface area contributed by atoms with Crippen molar-refractivity contribution in [1.82, 2.24) is 0 Å². The van der Waals surface area contributed by atoms with Crippen LogP contribution >= 0.6 is 11.8 Å². The van der Waals surface area contributed by atoms with Gasteiger partial charge in [-0.2, -0.15) is 11.8 Å². The van der Waals surface area contributed by atoms with Crippen molar-refractivity contribution in [2.75, 3.05) is 19.0 Å². The molecule has 2 rings (SSSR count). The van der Waals surface area contributed by atoms with E-state index in [1.807, 2.05) is 0 Å². The second-order valence-corrected chi connectivity index (χ2v) is 6.11. The molecule has 1 saturated heterocycles. The fourth-order valence-electron chi connectivity index (χ4n) is 2.09. The Labute approximate surface area is 95.6 Å². The fourth-order valence-corrected chi connectivity index (χ4v) is 3.60. The molecule has 0 amide bonds. The summed E-state index contributed by atoms with van der Waals surface area (Å²) in [6, 6.07) is 0. The molecule has 0 unspecified atom stereocenters. The summed E-state index contributed by atoms with van der Waals surface area (Å²) in [6.45, 7) is 1.86. The van der Waals surface area contributed by atoms with Gasteiger partial charge in [-0.1, -0.05) is 0 Å². The maximum atomic E-state index is 7.36. The summed E-state index contributed by atoms with van der Waals surface area (Å²) in [5, 5.41) is 8.14. The Morgan fingerprint density at radius 3 is 2.60 bits per heavy atom. The number of nitrogens with one attached hydrogen (secondary N) is 1. The zero-order valence-corrected chi connectivity index (χ0v) is 9.94. The van der Waals surface area contributed by atoms with Gasteiger partial charge in [-0.05, 0) is 36.9 Å². The van der Waals surface area contributed by atoms with E-state index in [2.05, 4.69) is 11.8 Å². The Morgan fingerprint density at radius 1 is 1.40 bits per heavy atom. The van der Waals surface area contributed by atoms with E-state index in [-0.39, 0.29) is 0 Å². The number of amidine groups is 1. The molecule has 1 aliphatic carbocycles. The van der Waals surface area contributed by atoms with Gasteiger partial charge in [-0.15, -0.1) is 0 Å². The minimum atomic E-state index is 0.361. The van der Waals surface area contributed by atoms with Crippen molar-refractivity contribution in [2.45, 2.75) is 37.4 Å². The Kier molecular flexibility index (Phi) is 3.57. The molecule has 2 aliphatic rings. The lowest BCUT2D eigenvalue weighted by Crippen LogP contribution is -2.22. The van der Waals surface area contributed by atoms with Gasteiger partial charge in [-0.3, -0.25) is 5.41 Å². The number of hydrogen-bond acceptors (Lipinski definition) is 3. The monoisotopic (exact) mass is 228 g/mol. The zero-order valence-electron chi connectivity index (χ0n) is 9.13. The highest BCUT2D eigenvalue weighted by atomic mass is 32.2. The van der Waals surface area contributed by atoms with Gasteiger partial charge in [0, 0.05) is 24.9 Å². The van der Waals surface area contributed by atoms with Crippen molar-refractivity contribution in [3.05, 3.63) is 0 Å². The summed E-state index contributed by atoms with van der Waals surface area (Å²) in [5.74, 6) is 1.55. The van der Waals surface area contributed by atoms with E-state index in [9.17, 15) is 0 Å². The molecule has 1 heterocycles. The standard InChI is InChI=1S/C11H20N2OS/c12-10(13)7-11(3-4-11)8-15-9-1-5-14-6-2-9/h9H,1-8H2,(H3,12,13). The predicted octanol–water partition coefficient (Wildman–Crippen LogP) is 2.00. The van der Waals surface area contributed by atoms with Crippen LogP contribution in [0.4, 0.5) is 0 Å². The summed E-state index contributed by atoms with van der Waals surface area (Å²) < 4.78 is 5.34. The maximum absolute atomic E-state index is 7.36. The van der Waals surface area contributed by atoms with Gasteiger partial charge in [0.1, 0.15) is 0 Å². The Morgan fingerprint density at radius 2 is 2.07 bits per heavy atom. The molecular formula is C11H20N2OS. The summed E-state index contributed by atoms with van der Waals surface area (Å²) in [5.41, 5.74) is 5.88. The fraction of sp³-hybridized carbons (Fsp3) is 0.909. The average Bonchev–Trinajstić information content (AvgIpc) is 2.96. The highest BCUT2D eigenvalue weighted by Gasteiger charge is 2.43. The van der Waals surface area contributed by atoms with Crippen molar-refractivity contribution in [3.63, 3.8) is 0 Å². The summed E-state index contributed by atoms with van der Waals surface area (Å²) in [4.78, 5) is 0. The van der Waals surface area contributed by atoms with E-state index < -0.39 is 0 Å². The van der Waals surface area contributed by atoms with E-state index >= 15 is 0 Å². The van der Waals surface area contributed by atoms with Crippen LogP contribution in [0.1, 0.15) is 32.1 Å². The molecule has 0 radical (unpaired) electrons. The zero-order chi connectivity index (χ0) is 10.7. The molecule has 86 valence electrons. The molecule has 4 heteroatoms. The van der Waals surface area contributed by atoms with Crippen LogP contribution in [0.2, 0.25) is 0 Å². The second kappa shape index (κ2) is 4.74. The first-order valence-electron chi connectivity index (χ1n) is 5.72. The van der Waals surface area contributed by atoms with Crippen LogP contribution in [0, 0.1) is 10.8 Å². The number of thioether (sulfide) groups is 1. The van der Waals surface area contributed by atoms with Crippen molar-refractivity contribution in [3.8, 4) is 0 Å². The topological polar surface area (TPSA) is 59.1 Å². The van der Waals surface area contributed by atoms with Crippen LogP contribution in [-0.4, -0.2) is 30.1 Å². The number of rotatable bonds is 5. The molecule has 0 atom stereocenters. The molecule has 2 fully saturated rings. The van der Waals surface area contributed by atoms with Crippen LogP contribution < -0.4 is 5.73 Å². The number of ether oxygens (including phenoxy) is 1. The SMILES string of the molecule is N=C(N)CC1(CSC2CCOCC2)CC1. The predicted molar refractivity (Wildman–Crippen MR) is 64.5 cm³/mol. The molecule has 0 aromatic rings. The summed E-state index contributed by atoms with van der Waals surface area (Å²) in [7, 11) is 0. The van der Waals surface area contributed by atoms with Gasteiger partial charge in [0.05, 0.1) is 5.84 Å². The first-order valence-corrected chi connectivity index (χ1v) is 6.77. The molecule has 0 aromatic carbocycles. The van der Waals surface area contributed by atoms with Crippen molar-refractivity contribution in [2.24, 2.45) is 11.1 Å². The molecule has 0 aromatic heterocycles. The Hall–Kier alpha value is -0.220.